The highest BCUT2D eigenvalue weighted by molar-refractivity contribution is 5.67. The Bertz CT molecular complexity index is 328. The normalized spacial score (nSPS) is 12.0. The van der Waals surface area contributed by atoms with Crippen LogP contribution in [-0.4, -0.2) is 58.0 Å². The summed E-state index contributed by atoms with van der Waals surface area (Å²) in [5, 5.41) is 2.81. The number of nitrogens with one attached hydrogen (secondary N) is 3. The van der Waals surface area contributed by atoms with Crippen LogP contribution in [0.1, 0.15) is 34.6 Å². The number of likely N-dealkylation sites (N-methyl/N-ethyl adjacent to an activating group) is 1. The van der Waals surface area contributed by atoms with Crippen molar-refractivity contribution in [1.82, 2.24) is 5.32 Å². The van der Waals surface area contributed by atoms with Crippen molar-refractivity contribution in [2.75, 3.05) is 45.9 Å². The van der Waals surface area contributed by atoms with E-state index in [1.54, 1.807) is 6.92 Å². The maximum atomic E-state index is 11.4. The minimum Gasteiger partial charge on any atom is -0.450 e. The second-order valence-corrected chi connectivity index (χ2v) is 4.97. The standard InChI is InChI=1S/C16H31N3O2/c1-6-18(7-2)13-11-12-15(19(8-3)9-4)14-17-16(20)21-10-5/h15H,6-10,13-14H2,1-5H3,(H,17,20)/p+2/t15-/m0/s1. The van der Waals surface area contributed by atoms with Gasteiger partial charge in [-0.2, -0.15) is 0 Å². The van der Waals surface area contributed by atoms with E-state index in [0.29, 0.717) is 13.2 Å². The van der Waals surface area contributed by atoms with Crippen LogP contribution in [0.5, 0.6) is 0 Å². The van der Waals surface area contributed by atoms with Crippen molar-refractivity contribution in [2.24, 2.45) is 0 Å². The van der Waals surface area contributed by atoms with E-state index in [1.807, 2.05) is 0 Å². The Morgan fingerprint density at radius 3 is 2.19 bits per heavy atom. The molecule has 0 saturated heterocycles. The zero-order chi connectivity index (χ0) is 16.1. The molecule has 5 nitrogen and oxygen atoms in total. The fourth-order valence-corrected chi connectivity index (χ4v) is 2.21. The van der Waals surface area contributed by atoms with Crippen LogP contribution in [0.25, 0.3) is 0 Å². The number of ether oxygens (including phenoxy) is 1. The van der Waals surface area contributed by atoms with Gasteiger partial charge in [0, 0.05) is 0 Å². The molecular weight excluding hydrogens is 266 g/mol. The van der Waals surface area contributed by atoms with Crippen LogP contribution in [0.15, 0.2) is 0 Å². The first-order valence-electron chi connectivity index (χ1n) is 8.19. The van der Waals surface area contributed by atoms with Gasteiger partial charge in [-0.15, -0.1) is 0 Å². The van der Waals surface area contributed by atoms with Gasteiger partial charge in [-0.3, -0.25) is 0 Å². The summed E-state index contributed by atoms with van der Waals surface area (Å²) in [4.78, 5) is 14.3. The molecule has 1 atom stereocenters. The fraction of sp³-hybridized carbons (Fsp3) is 0.812. The summed E-state index contributed by atoms with van der Waals surface area (Å²) in [5.74, 6) is 6.63. The number of carbonyl (C=O) groups excluding carboxylic acids is 1. The topological polar surface area (TPSA) is 47.2 Å². The molecule has 0 fully saturated rings. The maximum absolute atomic E-state index is 11.4. The van der Waals surface area contributed by atoms with E-state index in [4.69, 9.17) is 4.74 Å². The molecule has 0 aliphatic rings. The van der Waals surface area contributed by atoms with Gasteiger partial charge in [0.05, 0.1) is 39.3 Å². The number of carbonyl (C=O) groups is 1. The minimum atomic E-state index is -0.356. The Kier molecular flexibility index (Phi) is 11.7. The fourth-order valence-electron chi connectivity index (χ4n) is 2.21. The third-order valence-corrected chi connectivity index (χ3v) is 3.74. The molecule has 0 heterocycles. The quantitative estimate of drug-likeness (QED) is 0.476. The monoisotopic (exact) mass is 299 g/mol. The van der Waals surface area contributed by atoms with Gasteiger partial charge in [0.15, 0.2) is 6.04 Å². The smallest absolute Gasteiger partial charge is 0.407 e. The van der Waals surface area contributed by atoms with Crippen LogP contribution in [-0.2, 0) is 4.74 Å². The van der Waals surface area contributed by atoms with Crippen LogP contribution in [0.3, 0.4) is 0 Å². The van der Waals surface area contributed by atoms with E-state index in [0.717, 1.165) is 32.7 Å². The molecule has 0 aliphatic carbocycles. The Balaban J connectivity index is 4.59. The zero-order valence-corrected chi connectivity index (χ0v) is 14.3. The van der Waals surface area contributed by atoms with Crippen molar-refractivity contribution in [1.29, 1.82) is 0 Å². The summed E-state index contributed by atoms with van der Waals surface area (Å²) >= 11 is 0. The van der Waals surface area contributed by atoms with Gasteiger partial charge in [0.25, 0.3) is 0 Å². The van der Waals surface area contributed by atoms with Crippen LogP contribution in [0.4, 0.5) is 4.79 Å². The molecule has 0 bridgehead atoms. The summed E-state index contributed by atoms with van der Waals surface area (Å²) in [7, 11) is 0. The molecule has 0 spiro atoms. The van der Waals surface area contributed by atoms with E-state index >= 15 is 0 Å². The minimum absolute atomic E-state index is 0.124. The van der Waals surface area contributed by atoms with Crippen LogP contribution in [0.2, 0.25) is 0 Å². The van der Waals surface area contributed by atoms with Crippen LogP contribution < -0.4 is 15.1 Å². The summed E-state index contributed by atoms with van der Waals surface area (Å²) in [6, 6.07) is 0.124. The number of hydrogen-bond donors (Lipinski definition) is 3. The number of alkyl carbamates (subject to hydrolysis) is 1. The lowest BCUT2D eigenvalue weighted by atomic mass is 10.2. The van der Waals surface area contributed by atoms with Crippen molar-refractivity contribution in [3.05, 3.63) is 0 Å². The molecule has 0 aliphatic heterocycles. The summed E-state index contributed by atoms with van der Waals surface area (Å²) in [6.45, 7) is 16.4. The van der Waals surface area contributed by atoms with Crippen molar-refractivity contribution in [2.45, 2.75) is 40.7 Å². The van der Waals surface area contributed by atoms with Gasteiger partial charge in [-0.05, 0) is 46.5 Å². The number of hydrogen-bond acceptors (Lipinski definition) is 2. The predicted molar refractivity (Wildman–Crippen MR) is 85.5 cm³/mol. The first-order chi connectivity index (χ1) is 10.1. The number of rotatable bonds is 9. The highest BCUT2D eigenvalue weighted by atomic mass is 16.5. The van der Waals surface area contributed by atoms with Gasteiger partial charge < -0.3 is 19.9 Å². The molecule has 0 saturated carbocycles. The molecule has 0 unspecified atom stereocenters. The number of amides is 1. The third-order valence-electron chi connectivity index (χ3n) is 3.74. The molecule has 122 valence electrons. The van der Waals surface area contributed by atoms with E-state index in [-0.39, 0.29) is 12.1 Å². The SMILES string of the molecule is CCOC(=O)NC[C@H](C#CC[NH+](CC)CC)[NH+](CC)CC. The van der Waals surface area contributed by atoms with Gasteiger partial charge in [0.2, 0.25) is 0 Å². The zero-order valence-electron chi connectivity index (χ0n) is 14.3. The Hall–Kier alpha value is -1.25. The molecule has 0 rings (SSSR count). The lowest BCUT2D eigenvalue weighted by Gasteiger charge is -2.22. The van der Waals surface area contributed by atoms with E-state index in [2.05, 4.69) is 44.9 Å². The maximum Gasteiger partial charge on any atom is 0.407 e. The molecular formula is C16H33N3O2+2. The Morgan fingerprint density at radius 1 is 1.10 bits per heavy atom. The van der Waals surface area contributed by atoms with Crippen LogP contribution in [0, 0.1) is 11.8 Å². The molecule has 21 heavy (non-hydrogen) atoms. The third kappa shape index (κ3) is 8.59. The van der Waals surface area contributed by atoms with Gasteiger partial charge in [0.1, 0.15) is 6.54 Å². The largest absolute Gasteiger partial charge is 0.450 e. The Labute approximate surface area is 130 Å². The molecule has 0 aromatic carbocycles. The van der Waals surface area contributed by atoms with Crippen molar-refractivity contribution in [3.8, 4) is 11.8 Å². The van der Waals surface area contributed by atoms with Gasteiger partial charge >= 0.3 is 6.09 Å². The van der Waals surface area contributed by atoms with Gasteiger partial charge in [-0.1, -0.05) is 0 Å². The molecule has 3 N–H and O–H groups in total. The average molecular weight is 299 g/mol. The lowest BCUT2D eigenvalue weighted by Crippen LogP contribution is -3.16. The predicted octanol–water partition coefficient (Wildman–Crippen LogP) is -1.05. The first-order valence-corrected chi connectivity index (χ1v) is 8.19. The second kappa shape index (κ2) is 12.5. The number of quaternary nitrogens is 2. The highest BCUT2D eigenvalue weighted by Crippen LogP contribution is 1.79. The van der Waals surface area contributed by atoms with Crippen molar-refractivity contribution < 1.29 is 19.3 Å². The highest BCUT2D eigenvalue weighted by Gasteiger charge is 2.18. The second-order valence-electron chi connectivity index (χ2n) is 4.97. The molecule has 5 heteroatoms. The van der Waals surface area contributed by atoms with Crippen molar-refractivity contribution >= 4 is 6.09 Å². The summed E-state index contributed by atoms with van der Waals surface area (Å²) < 4.78 is 4.91. The average Bonchev–Trinajstić information content (AvgIpc) is 2.49. The lowest BCUT2D eigenvalue weighted by molar-refractivity contribution is -0.912. The van der Waals surface area contributed by atoms with Gasteiger partial charge in [-0.25, -0.2) is 4.79 Å². The Morgan fingerprint density at radius 2 is 1.71 bits per heavy atom. The summed E-state index contributed by atoms with van der Waals surface area (Å²) in [5.41, 5.74) is 0. The molecule has 0 aromatic heterocycles. The van der Waals surface area contributed by atoms with Crippen molar-refractivity contribution in [3.63, 3.8) is 0 Å². The summed E-state index contributed by atoms with van der Waals surface area (Å²) in [6.07, 6.45) is -0.356. The first kappa shape index (κ1) is 19.8. The molecule has 0 radical (unpaired) electrons. The van der Waals surface area contributed by atoms with Crippen LogP contribution >= 0.6 is 0 Å². The molecule has 0 aromatic rings. The van der Waals surface area contributed by atoms with E-state index in [1.165, 1.54) is 9.80 Å². The van der Waals surface area contributed by atoms with E-state index < -0.39 is 0 Å². The van der Waals surface area contributed by atoms with E-state index in [9.17, 15) is 4.79 Å². The molecule has 1 amide bonds.